The van der Waals surface area contributed by atoms with Crippen LogP contribution >= 0.6 is 12.2 Å². The normalized spacial score (nSPS) is 15.6. The van der Waals surface area contributed by atoms with Crippen LogP contribution in [0.15, 0.2) is 66.4 Å². The average Bonchev–Trinajstić information content (AvgIpc) is 3.15. The maximum Gasteiger partial charge on any atom is 0.270 e. The van der Waals surface area contributed by atoms with E-state index in [4.69, 9.17) is 12.2 Å². The van der Waals surface area contributed by atoms with Gasteiger partial charge in [0.2, 0.25) is 0 Å². The maximum absolute atomic E-state index is 13.3. The minimum atomic E-state index is -0.538. The van der Waals surface area contributed by atoms with Gasteiger partial charge in [-0.1, -0.05) is 17.7 Å². The molecule has 1 fully saturated rings. The molecule has 1 aliphatic heterocycles. The summed E-state index contributed by atoms with van der Waals surface area (Å²) in [6, 6.07) is 15.9. The Morgan fingerprint density at radius 2 is 1.77 bits per heavy atom. The first-order valence-corrected chi connectivity index (χ1v) is 9.71. The SMILES string of the molecule is Cc1ccc(N2C(=O)/C(=C\c3cccn3-c3ccc(O)cc3)C(=O)NC2=S)c(C)c1. The lowest BCUT2D eigenvalue weighted by atomic mass is 10.1. The number of nitrogens with zero attached hydrogens (tertiary/aromatic N) is 2. The van der Waals surface area contributed by atoms with Gasteiger partial charge in [-0.05, 0) is 80.2 Å². The molecule has 1 aromatic heterocycles. The molecule has 7 heteroatoms. The number of benzene rings is 2. The van der Waals surface area contributed by atoms with Crippen molar-refractivity contribution in [2.45, 2.75) is 13.8 Å². The van der Waals surface area contributed by atoms with E-state index in [9.17, 15) is 14.7 Å². The maximum atomic E-state index is 13.3. The number of hydrogen-bond donors (Lipinski definition) is 2. The first-order valence-electron chi connectivity index (χ1n) is 9.30. The van der Waals surface area contributed by atoms with Gasteiger partial charge in [-0.3, -0.25) is 19.8 Å². The van der Waals surface area contributed by atoms with Crippen molar-refractivity contribution in [1.82, 2.24) is 9.88 Å². The highest BCUT2D eigenvalue weighted by atomic mass is 32.1. The van der Waals surface area contributed by atoms with E-state index in [2.05, 4.69) is 5.32 Å². The van der Waals surface area contributed by atoms with E-state index in [1.54, 1.807) is 36.4 Å². The molecule has 0 unspecified atom stereocenters. The Labute approximate surface area is 179 Å². The molecule has 3 aromatic rings. The van der Waals surface area contributed by atoms with Gasteiger partial charge in [0, 0.05) is 17.6 Å². The molecule has 0 bridgehead atoms. The highest BCUT2D eigenvalue weighted by Gasteiger charge is 2.35. The minimum Gasteiger partial charge on any atom is -0.508 e. The Morgan fingerprint density at radius 3 is 2.47 bits per heavy atom. The lowest BCUT2D eigenvalue weighted by Gasteiger charge is -2.30. The standard InChI is InChI=1S/C23H19N3O3S/c1-14-5-10-20(15(2)12-14)26-22(29)19(21(28)24-23(26)30)13-17-4-3-11-25(17)16-6-8-18(27)9-7-16/h3-13,27H,1-2H3,(H,24,28,30)/b19-13-. The molecule has 0 spiro atoms. The molecule has 4 rings (SSSR count). The zero-order chi connectivity index (χ0) is 21.4. The lowest BCUT2D eigenvalue weighted by molar-refractivity contribution is -0.122. The molecule has 2 N–H and O–H groups in total. The van der Waals surface area contributed by atoms with E-state index in [-0.39, 0.29) is 16.4 Å². The van der Waals surface area contributed by atoms with Crippen molar-refractivity contribution in [3.63, 3.8) is 0 Å². The number of aryl methyl sites for hydroxylation is 2. The van der Waals surface area contributed by atoms with Crippen LogP contribution in [0.3, 0.4) is 0 Å². The number of carbonyl (C=O) groups is 2. The molecule has 2 heterocycles. The van der Waals surface area contributed by atoms with Gasteiger partial charge in [0.1, 0.15) is 11.3 Å². The fraction of sp³-hybridized carbons (Fsp3) is 0.0870. The van der Waals surface area contributed by atoms with Gasteiger partial charge in [0.05, 0.1) is 5.69 Å². The monoisotopic (exact) mass is 417 g/mol. The molecule has 0 radical (unpaired) electrons. The Kier molecular flexibility index (Phi) is 4.97. The van der Waals surface area contributed by atoms with Gasteiger partial charge in [0.15, 0.2) is 5.11 Å². The summed E-state index contributed by atoms with van der Waals surface area (Å²) in [6.07, 6.45) is 3.36. The van der Waals surface area contributed by atoms with Crippen LogP contribution in [0.25, 0.3) is 11.8 Å². The molecule has 30 heavy (non-hydrogen) atoms. The van der Waals surface area contributed by atoms with E-state index in [0.29, 0.717) is 11.4 Å². The molecular formula is C23H19N3O3S. The van der Waals surface area contributed by atoms with Crippen LogP contribution in [0.5, 0.6) is 5.75 Å². The van der Waals surface area contributed by atoms with E-state index < -0.39 is 11.8 Å². The number of amides is 2. The van der Waals surface area contributed by atoms with E-state index in [1.165, 1.54) is 4.90 Å². The predicted octanol–water partition coefficient (Wildman–Crippen LogP) is 3.63. The van der Waals surface area contributed by atoms with Crippen molar-refractivity contribution in [2.24, 2.45) is 0 Å². The first kappa shape index (κ1) is 19.6. The average molecular weight is 417 g/mol. The van der Waals surface area contributed by atoms with Crippen LogP contribution in [0.2, 0.25) is 0 Å². The summed E-state index contributed by atoms with van der Waals surface area (Å²) in [5.74, 6) is -0.858. The van der Waals surface area contributed by atoms with Gasteiger partial charge in [-0.25, -0.2) is 0 Å². The van der Waals surface area contributed by atoms with Crippen molar-refractivity contribution in [1.29, 1.82) is 0 Å². The van der Waals surface area contributed by atoms with Crippen molar-refractivity contribution in [3.8, 4) is 11.4 Å². The fourth-order valence-corrected chi connectivity index (χ4v) is 3.71. The van der Waals surface area contributed by atoms with Crippen molar-refractivity contribution in [3.05, 3.63) is 83.2 Å². The van der Waals surface area contributed by atoms with Crippen LogP contribution in [0.1, 0.15) is 16.8 Å². The predicted molar refractivity (Wildman–Crippen MR) is 120 cm³/mol. The summed E-state index contributed by atoms with van der Waals surface area (Å²) in [5.41, 5.74) is 4.01. The largest absolute Gasteiger partial charge is 0.508 e. The number of nitrogens with one attached hydrogen (secondary N) is 1. The zero-order valence-corrected chi connectivity index (χ0v) is 17.2. The summed E-state index contributed by atoms with van der Waals surface area (Å²) in [6.45, 7) is 3.87. The summed E-state index contributed by atoms with van der Waals surface area (Å²) in [4.78, 5) is 27.2. The molecule has 1 saturated heterocycles. The molecular weight excluding hydrogens is 398 g/mol. The third-order valence-electron chi connectivity index (χ3n) is 4.90. The molecule has 150 valence electrons. The number of aromatic hydroxyl groups is 1. The van der Waals surface area contributed by atoms with Gasteiger partial charge in [-0.2, -0.15) is 0 Å². The Hall–Kier alpha value is -3.71. The first-order chi connectivity index (χ1) is 14.3. The second-order valence-electron chi connectivity index (χ2n) is 7.07. The van der Waals surface area contributed by atoms with Crippen LogP contribution in [-0.2, 0) is 9.59 Å². The Morgan fingerprint density at radius 1 is 1.03 bits per heavy atom. The number of anilines is 1. The number of rotatable bonds is 3. The number of phenolic OH excluding ortho intramolecular Hbond substituents is 1. The van der Waals surface area contributed by atoms with Crippen molar-refractivity contribution >= 4 is 40.9 Å². The molecule has 6 nitrogen and oxygen atoms in total. The quantitative estimate of drug-likeness (QED) is 0.388. The highest BCUT2D eigenvalue weighted by molar-refractivity contribution is 7.80. The molecule has 1 aliphatic rings. The van der Waals surface area contributed by atoms with Gasteiger partial charge < -0.3 is 9.67 Å². The summed E-state index contributed by atoms with van der Waals surface area (Å²) in [7, 11) is 0. The van der Waals surface area contributed by atoms with Crippen LogP contribution in [0.4, 0.5) is 5.69 Å². The highest BCUT2D eigenvalue weighted by Crippen LogP contribution is 2.26. The molecule has 2 amide bonds. The van der Waals surface area contributed by atoms with Gasteiger partial charge in [0.25, 0.3) is 11.8 Å². The topological polar surface area (TPSA) is 74.6 Å². The van der Waals surface area contributed by atoms with E-state index in [1.807, 2.05) is 48.9 Å². The molecule has 0 saturated carbocycles. The fourth-order valence-electron chi connectivity index (χ4n) is 3.44. The van der Waals surface area contributed by atoms with Crippen molar-refractivity contribution < 1.29 is 14.7 Å². The minimum absolute atomic E-state index is 0.0118. The Bertz CT molecular complexity index is 1210. The summed E-state index contributed by atoms with van der Waals surface area (Å²) in [5, 5.41) is 12.2. The van der Waals surface area contributed by atoms with Crippen LogP contribution < -0.4 is 10.2 Å². The number of phenols is 1. The van der Waals surface area contributed by atoms with Crippen molar-refractivity contribution in [2.75, 3.05) is 4.90 Å². The molecule has 0 atom stereocenters. The summed E-state index contributed by atoms with van der Waals surface area (Å²) >= 11 is 5.29. The van der Waals surface area contributed by atoms with Gasteiger partial charge >= 0.3 is 0 Å². The Balaban J connectivity index is 1.76. The lowest BCUT2D eigenvalue weighted by Crippen LogP contribution is -2.54. The number of carbonyl (C=O) groups excluding carboxylic acids is 2. The van der Waals surface area contributed by atoms with Gasteiger partial charge in [-0.15, -0.1) is 0 Å². The number of hydrogen-bond acceptors (Lipinski definition) is 4. The smallest absolute Gasteiger partial charge is 0.270 e. The van der Waals surface area contributed by atoms with E-state index >= 15 is 0 Å². The van der Waals surface area contributed by atoms with Crippen LogP contribution in [0, 0.1) is 13.8 Å². The number of aromatic nitrogens is 1. The second-order valence-corrected chi connectivity index (χ2v) is 7.45. The third kappa shape index (κ3) is 3.51. The van der Waals surface area contributed by atoms with E-state index in [0.717, 1.165) is 16.8 Å². The second kappa shape index (κ2) is 7.61. The molecule has 0 aliphatic carbocycles. The third-order valence-corrected chi connectivity index (χ3v) is 5.18. The zero-order valence-electron chi connectivity index (χ0n) is 16.4. The number of thiocarbonyl (C=S) groups is 1. The summed E-state index contributed by atoms with van der Waals surface area (Å²) < 4.78 is 1.82. The van der Waals surface area contributed by atoms with Crippen LogP contribution in [-0.4, -0.2) is 26.6 Å². The molecule has 2 aromatic carbocycles.